The summed E-state index contributed by atoms with van der Waals surface area (Å²) in [6, 6.07) is 4.48. The molecule has 4 rings (SSSR count). The van der Waals surface area contributed by atoms with E-state index in [0.29, 0.717) is 34.5 Å². The summed E-state index contributed by atoms with van der Waals surface area (Å²) in [4.78, 5) is 28.2. The third kappa shape index (κ3) is 3.83. The molecule has 0 saturated heterocycles. The molecule has 1 amide bonds. The van der Waals surface area contributed by atoms with Crippen molar-refractivity contribution in [2.24, 2.45) is 0 Å². The van der Waals surface area contributed by atoms with Crippen LogP contribution in [-0.2, 0) is 12.6 Å². The minimum Gasteiger partial charge on any atom is -0.354 e. The topological polar surface area (TPSA) is 79.8 Å². The SMILES string of the molecule is Cc1c(C(=O)NC(C)c2cnn(-c3cccc(C(F)(F)F)c3)c2C)[nH]c2c1C(=O)CCC2. The van der Waals surface area contributed by atoms with E-state index in [2.05, 4.69) is 15.4 Å². The van der Waals surface area contributed by atoms with Gasteiger partial charge in [-0.05, 0) is 57.4 Å². The predicted octanol–water partition coefficient (Wildman–Crippen LogP) is 4.85. The Morgan fingerprint density at radius 1 is 1.25 bits per heavy atom. The molecule has 1 aromatic carbocycles. The number of rotatable bonds is 4. The quantitative estimate of drug-likeness (QED) is 0.604. The standard InChI is InChI=1S/C23H23F3N4O2/c1-12-20-18(8-5-9-19(20)31)29-21(12)22(32)28-13(2)17-11-27-30(14(17)3)16-7-4-6-15(10-16)23(24,25)26/h4,6-7,10-11,13,29H,5,8-9H2,1-3H3,(H,28,32). The summed E-state index contributed by atoms with van der Waals surface area (Å²) < 4.78 is 40.6. The van der Waals surface area contributed by atoms with Crippen LogP contribution in [0, 0.1) is 13.8 Å². The lowest BCUT2D eigenvalue weighted by Crippen LogP contribution is -2.28. The fraction of sp³-hybridized carbons (Fsp3) is 0.348. The van der Waals surface area contributed by atoms with Gasteiger partial charge in [-0.15, -0.1) is 0 Å². The summed E-state index contributed by atoms with van der Waals surface area (Å²) in [5, 5.41) is 7.14. The zero-order chi connectivity index (χ0) is 23.2. The second kappa shape index (κ2) is 7.96. The van der Waals surface area contributed by atoms with Gasteiger partial charge in [-0.25, -0.2) is 4.68 Å². The van der Waals surface area contributed by atoms with Crippen LogP contribution in [0.1, 0.15) is 74.7 Å². The predicted molar refractivity (Wildman–Crippen MR) is 112 cm³/mol. The average molecular weight is 444 g/mol. The Balaban J connectivity index is 1.57. The zero-order valence-electron chi connectivity index (χ0n) is 17.9. The normalized spacial score (nSPS) is 14.9. The van der Waals surface area contributed by atoms with E-state index >= 15 is 0 Å². The van der Waals surface area contributed by atoms with E-state index in [1.54, 1.807) is 26.8 Å². The summed E-state index contributed by atoms with van der Waals surface area (Å²) in [5.41, 5.74) is 3.25. The highest BCUT2D eigenvalue weighted by Gasteiger charge is 2.31. The highest BCUT2D eigenvalue weighted by atomic mass is 19.4. The lowest BCUT2D eigenvalue weighted by molar-refractivity contribution is -0.137. The number of carbonyl (C=O) groups excluding carboxylic acids is 2. The van der Waals surface area contributed by atoms with Crippen LogP contribution in [0.25, 0.3) is 5.69 Å². The number of halogens is 3. The molecule has 1 aliphatic carbocycles. The van der Waals surface area contributed by atoms with Crippen molar-refractivity contribution in [3.05, 3.63) is 69.8 Å². The number of nitrogens with zero attached hydrogens (tertiary/aromatic N) is 2. The lowest BCUT2D eigenvalue weighted by Gasteiger charge is -2.15. The maximum absolute atomic E-state index is 13.1. The summed E-state index contributed by atoms with van der Waals surface area (Å²) in [7, 11) is 0. The second-order valence-electron chi connectivity index (χ2n) is 8.10. The molecule has 2 heterocycles. The van der Waals surface area contributed by atoms with Gasteiger partial charge in [-0.3, -0.25) is 9.59 Å². The Labute approximate surface area is 182 Å². The fourth-order valence-corrected chi connectivity index (χ4v) is 4.27. The summed E-state index contributed by atoms with van der Waals surface area (Å²) in [6.45, 7) is 5.28. The Kier molecular flexibility index (Phi) is 5.44. The molecule has 0 radical (unpaired) electrons. The van der Waals surface area contributed by atoms with Gasteiger partial charge in [-0.1, -0.05) is 6.07 Å². The number of H-pyrrole nitrogens is 1. The lowest BCUT2D eigenvalue weighted by atomic mass is 9.94. The Bertz CT molecular complexity index is 1210. The smallest absolute Gasteiger partial charge is 0.354 e. The monoisotopic (exact) mass is 444 g/mol. The molecule has 9 heteroatoms. The van der Waals surface area contributed by atoms with Crippen LogP contribution in [0.5, 0.6) is 0 Å². The molecule has 0 spiro atoms. The molecular weight excluding hydrogens is 421 g/mol. The van der Waals surface area contributed by atoms with Crippen LogP contribution in [0.4, 0.5) is 13.2 Å². The third-order valence-electron chi connectivity index (χ3n) is 5.94. The van der Waals surface area contributed by atoms with E-state index in [9.17, 15) is 22.8 Å². The second-order valence-corrected chi connectivity index (χ2v) is 8.10. The zero-order valence-corrected chi connectivity index (χ0v) is 17.9. The minimum atomic E-state index is -4.45. The van der Waals surface area contributed by atoms with Crippen molar-refractivity contribution in [3.63, 3.8) is 0 Å². The maximum Gasteiger partial charge on any atom is 0.416 e. The van der Waals surface area contributed by atoms with Crippen molar-refractivity contribution in [2.45, 2.75) is 52.3 Å². The molecular formula is C23H23F3N4O2. The van der Waals surface area contributed by atoms with Crippen LogP contribution < -0.4 is 5.32 Å². The van der Waals surface area contributed by atoms with Crippen LogP contribution >= 0.6 is 0 Å². The van der Waals surface area contributed by atoms with Crippen molar-refractivity contribution in [1.29, 1.82) is 0 Å². The van der Waals surface area contributed by atoms with Crippen molar-refractivity contribution in [3.8, 4) is 5.69 Å². The van der Waals surface area contributed by atoms with Gasteiger partial charge in [0.1, 0.15) is 5.69 Å². The van der Waals surface area contributed by atoms with Crippen LogP contribution in [0.3, 0.4) is 0 Å². The van der Waals surface area contributed by atoms with Gasteiger partial charge in [-0.2, -0.15) is 18.3 Å². The van der Waals surface area contributed by atoms with Crippen molar-refractivity contribution >= 4 is 11.7 Å². The van der Waals surface area contributed by atoms with Crippen molar-refractivity contribution in [2.75, 3.05) is 0 Å². The van der Waals surface area contributed by atoms with Gasteiger partial charge < -0.3 is 10.3 Å². The number of carbonyl (C=O) groups is 2. The molecule has 0 aliphatic heterocycles. The van der Waals surface area contributed by atoms with Gasteiger partial charge in [0.15, 0.2) is 5.78 Å². The number of aromatic amines is 1. The summed E-state index contributed by atoms with van der Waals surface area (Å²) in [5.74, 6) is -0.297. The molecule has 0 fully saturated rings. The third-order valence-corrected chi connectivity index (χ3v) is 5.94. The van der Waals surface area contributed by atoms with Crippen LogP contribution in [0.15, 0.2) is 30.5 Å². The van der Waals surface area contributed by atoms with Gasteiger partial charge in [0.2, 0.25) is 0 Å². The van der Waals surface area contributed by atoms with Crippen molar-refractivity contribution in [1.82, 2.24) is 20.1 Å². The number of aryl methyl sites for hydroxylation is 1. The first kappa shape index (κ1) is 21.9. The van der Waals surface area contributed by atoms with Gasteiger partial charge in [0.25, 0.3) is 5.91 Å². The van der Waals surface area contributed by atoms with E-state index in [-0.39, 0.29) is 17.4 Å². The molecule has 0 saturated carbocycles. The molecule has 0 bridgehead atoms. The number of nitrogens with one attached hydrogen (secondary N) is 2. The highest BCUT2D eigenvalue weighted by molar-refractivity contribution is 6.04. The molecule has 1 aliphatic rings. The number of alkyl halides is 3. The first-order valence-electron chi connectivity index (χ1n) is 10.4. The number of aromatic nitrogens is 3. The van der Waals surface area contributed by atoms with E-state index in [1.807, 2.05) is 0 Å². The van der Waals surface area contributed by atoms with Gasteiger partial charge in [0.05, 0.1) is 23.5 Å². The first-order chi connectivity index (χ1) is 15.1. The van der Waals surface area contributed by atoms with E-state index in [1.165, 1.54) is 16.9 Å². The Hall–Kier alpha value is -3.36. The van der Waals surface area contributed by atoms with Crippen molar-refractivity contribution < 1.29 is 22.8 Å². The molecule has 3 aromatic rings. The van der Waals surface area contributed by atoms with Gasteiger partial charge in [0, 0.05) is 28.9 Å². The van der Waals surface area contributed by atoms with E-state index < -0.39 is 17.8 Å². The van der Waals surface area contributed by atoms with E-state index in [0.717, 1.165) is 30.7 Å². The van der Waals surface area contributed by atoms with Gasteiger partial charge >= 0.3 is 6.18 Å². The van der Waals surface area contributed by atoms with E-state index in [4.69, 9.17) is 0 Å². The summed E-state index contributed by atoms with van der Waals surface area (Å²) in [6.07, 6.45) is -0.936. The maximum atomic E-state index is 13.1. The Morgan fingerprint density at radius 2 is 2.00 bits per heavy atom. The molecule has 6 nitrogen and oxygen atoms in total. The molecule has 32 heavy (non-hydrogen) atoms. The number of Topliss-reactive ketones (excluding diaryl/α,β-unsaturated/α-hetero) is 1. The number of hydrogen-bond donors (Lipinski definition) is 2. The fourth-order valence-electron chi connectivity index (χ4n) is 4.27. The molecule has 2 N–H and O–H groups in total. The number of fused-ring (bicyclic) bond motifs is 1. The minimum absolute atomic E-state index is 0.0466. The van der Waals surface area contributed by atoms with Crippen LogP contribution in [-0.4, -0.2) is 26.5 Å². The number of benzene rings is 1. The molecule has 168 valence electrons. The number of amides is 1. The highest BCUT2D eigenvalue weighted by Crippen LogP contribution is 2.31. The number of ketones is 1. The molecule has 1 unspecified atom stereocenters. The molecule has 1 atom stereocenters. The number of hydrogen-bond acceptors (Lipinski definition) is 3. The average Bonchev–Trinajstić information content (AvgIpc) is 3.28. The largest absolute Gasteiger partial charge is 0.416 e. The van der Waals surface area contributed by atoms with Crippen LogP contribution in [0.2, 0.25) is 0 Å². The Morgan fingerprint density at radius 3 is 2.69 bits per heavy atom. The summed E-state index contributed by atoms with van der Waals surface area (Å²) >= 11 is 0. The molecule has 2 aromatic heterocycles. The first-order valence-corrected chi connectivity index (χ1v) is 10.4.